The van der Waals surface area contributed by atoms with Gasteiger partial charge < -0.3 is 5.11 Å². The smallest absolute Gasteiger partial charge is 0.368 e. The molecule has 3 N–H and O–H groups in total. The topological polar surface area (TPSA) is 80.4 Å². The predicted octanol–water partition coefficient (Wildman–Crippen LogP) is 0.0450. The number of carboxylic acid groups (broad SMARTS) is 1. The maximum atomic E-state index is 12.1. The number of hydrogen-bond donors (Lipinski definition) is 2. The zero-order valence-electron chi connectivity index (χ0n) is 5.55. The highest BCUT2D eigenvalue weighted by atomic mass is 19.2. The number of carboxylic acids is 1. The Morgan fingerprint density at radius 1 is 1.25 bits per heavy atom. The minimum atomic E-state index is -2.75. The summed E-state index contributed by atoms with van der Waals surface area (Å²) in [5.74, 6) is -9.00. The third-order valence-corrected chi connectivity index (χ3v) is 0.847. The number of halogens is 3. The van der Waals surface area contributed by atoms with Crippen molar-refractivity contribution in [2.75, 3.05) is 0 Å². The summed E-state index contributed by atoms with van der Waals surface area (Å²) in [6, 6.07) is 0. The van der Waals surface area contributed by atoms with Gasteiger partial charge in [0.05, 0.1) is 0 Å². The Kier molecular flexibility index (Phi) is 3.42. The molecule has 1 atom stereocenters. The van der Waals surface area contributed by atoms with Gasteiger partial charge in [-0.1, -0.05) is 0 Å². The lowest BCUT2D eigenvalue weighted by atomic mass is 10.3. The molecule has 68 valence electrons. The van der Waals surface area contributed by atoms with Crippen LogP contribution in [0.25, 0.3) is 0 Å². The van der Waals surface area contributed by atoms with Crippen LogP contribution in [0.15, 0.2) is 11.7 Å². The molecule has 0 aliphatic heterocycles. The molecule has 4 nitrogen and oxygen atoms in total. The summed E-state index contributed by atoms with van der Waals surface area (Å²) in [6.45, 7) is 0. The summed E-state index contributed by atoms with van der Waals surface area (Å²) in [7, 11) is 0. The van der Waals surface area contributed by atoms with Crippen LogP contribution in [0.5, 0.6) is 0 Å². The Morgan fingerprint density at radius 2 is 1.67 bits per heavy atom. The zero-order valence-corrected chi connectivity index (χ0v) is 5.55. The monoisotopic (exact) mass is 183 g/mol. The summed E-state index contributed by atoms with van der Waals surface area (Å²) in [6.07, 6.45) is -2.75. The Balaban J connectivity index is 4.79. The van der Waals surface area contributed by atoms with Gasteiger partial charge in [0, 0.05) is 0 Å². The lowest BCUT2D eigenvalue weighted by molar-refractivity contribution is -0.135. The molecule has 0 aliphatic carbocycles. The number of ketones is 1. The fourth-order valence-corrected chi connectivity index (χ4v) is 0.323. The molecule has 0 heterocycles. The van der Waals surface area contributed by atoms with Crippen molar-refractivity contribution in [2.45, 2.75) is 6.30 Å². The molecular weight excluding hydrogens is 179 g/mol. The van der Waals surface area contributed by atoms with Crippen molar-refractivity contribution in [1.82, 2.24) is 0 Å². The molecule has 7 heteroatoms. The average molecular weight is 183 g/mol. The summed E-state index contributed by atoms with van der Waals surface area (Å²) < 4.78 is 35.9. The molecular formula is C5H4F3NO3. The third kappa shape index (κ3) is 2.35. The van der Waals surface area contributed by atoms with Crippen molar-refractivity contribution in [3.8, 4) is 0 Å². The third-order valence-electron chi connectivity index (χ3n) is 0.847. The normalized spacial score (nSPS) is 15.0. The van der Waals surface area contributed by atoms with Crippen LogP contribution in [0.2, 0.25) is 0 Å². The quantitative estimate of drug-likeness (QED) is 0.478. The highest BCUT2D eigenvalue weighted by Crippen LogP contribution is 2.10. The number of Topliss-reactive ketones (excluding diaryl/α,β-unsaturated/α-hetero) is 1. The number of rotatable bonds is 3. The molecule has 0 amide bonds. The molecule has 0 saturated heterocycles. The maximum absolute atomic E-state index is 12.1. The van der Waals surface area contributed by atoms with Gasteiger partial charge >= 0.3 is 5.97 Å². The van der Waals surface area contributed by atoms with Crippen LogP contribution in [0.4, 0.5) is 13.2 Å². The van der Waals surface area contributed by atoms with E-state index in [0.29, 0.717) is 0 Å². The van der Waals surface area contributed by atoms with E-state index in [9.17, 15) is 22.8 Å². The summed E-state index contributed by atoms with van der Waals surface area (Å²) in [4.78, 5) is 19.8. The number of hydrogen-bond acceptors (Lipinski definition) is 3. The lowest BCUT2D eigenvalue weighted by Gasteiger charge is -1.97. The minimum absolute atomic E-state index is 2.03. The van der Waals surface area contributed by atoms with Crippen LogP contribution >= 0.6 is 0 Å². The van der Waals surface area contributed by atoms with E-state index >= 15 is 0 Å². The van der Waals surface area contributed by atoms with Crippen molar-refractivity contribution in [3.05, 3.63) is 11.7 Å². The van der Waals surface area contributed by atoms with Crippen LogP contribution in [-0.4, -0.2) is 23.2 Å². The molecule has 0 saturated carbocycles. The van der Waals surface area contributed by atoms with E-state index in [0.717, 1.165) is 0 Å². The number of carbonyl (C=O) groups is 2. The van der Waals surface area contributed by atoms with Gasteiger partial charge in [0.1, 0.15) is 0 Å². The van der Waals surface area contributed by atoms with E-state index in [-0.39, 0.29) is 0 Å². The summed E-state index contributed by atoms with van der Waals surface area (Å²) in [5, 5.41) is 7.79. The van der Waals surface area contributed by atoms with Gasteiger partial charge in [-0.25, -0.2) is 9.18 Å². The van der Waals surface area contributed by atoms with Gasteiger partial charge in [-0.3, -0.25) is 10.5 Å². The second-order valence-electron chi connectivity index (χ2n) is 1.70. The Morgan fingerprint density at radius 3 is 1.92 bits per heavy atom. The van der Waals surface area contributed by atoms with Crippen molar-refractivity contribution in [3.63, 3.8) is 0 Å². The van der Waals surface area contributed by atoms with Crippen LogP contribution in [-0.2, 0) is 9.59 Å². The molecule has 1 unspecified atom stereocenters. The van der Waals surface area contributed by atoms with Crippen LogP contribution in [0.1, 0.15) is 0 Å². The van der Waals surface area contributed by atoms with E-state index < -0.39 is 29.7 Å². The van der Waals surface area contributed by atoms with Crippen molar-refractivity contribution < 1.29 is 27.9 Å². The molecule has 0 fully saturated rings. The van der Waals surface area contributed by atoms with Crippen molar-refractivity contribution in [1.29, 1.82) is 0 Å². The second-order valence-corrected chi connectivity index (χ2v) is 1.70. The van der Waals surface area contributed by atoms with Gasteiger partial charge in [0.15, 0.2) is 0 Å². The summed E-state index contributed by atoms with van der Waals surface area (Å²) >= 11 is 0. The van der Waals surface area contributed by atoms with E-state index in [2.05, 4.69) is 5.73 Å². The first-order valence-electron chi connectivity index (χ1n) is 2.60. The fourth-order valence-electron chi connectivity index (χ4n) is 0.323. The molecule has 0 rings (SSSR count). The molecule has 12 heavy (non-hydrogen) atoms. The van der Waals surface area contributed by atoms with Crippen molar-refractivity contribution in [2.24, 2.45) is 5.73 Å². The van der Waals surface area contributed by atoms with E-state index in [1.807, 2.05) is 0 Å². The van der Waals surface area contributed by atoms with E-state index in [4.69, 9.17) is 5.11 Å². The average Bonchev–Trinajstić information content (AvgIpc) is 2.00. The minimum Gasteiger partial charge on any atom is -0.476 e. The van der Waals surface area contributed by atoms with E-state index in [1.165, 1.54) is 0 Å². The van der Waals surface area contributed by atoms with Crippen LogP contribution in [0, 0.1) is 0 Å². The van der Waals surface area contributed by atoms with Gasteiger partial charge in [-0.2, -0.15) is 8.78 Å². The fraction of sp³-hybridized carbons (Fsp3) is 0.200. The van der Waals surface area contributed by atoms with Crippen LogP contribution < -0.4 is 5.73 Å². The molecule has 0 aromatic heterocycles. The molecule has 0 aromatic carbocycles. The van der Waals surface area contributed by atoms with Gasteiger partial charge in [0.25, 0.3) is 0 Å². The molecule has 0 radical (unpaired) electrons. The highest BCUT2D eigenvalue weighted by Gasteiger charge is 2.25. The maximum Gasteiger partial charge on any atom is 0.368 e. The molecule has 0 spiro atoms. The molecule has 0 aliphatic rings. The second kappa shape index (κ2) is 3.86. The predicted molar refractivity (Wildman–Crippen MR) is 31.0 cm³/mol. The molecule has 0 bridgehead atoms. The zero-order chi connectivity index (χ0) is 9.89. The summed E-state index contributed by atoms with van der Waals surface area (Å²) in [5.41, 5.74) is 4.22. The Bertz CT molecular complexity index is 248. The first kappa shape index (κ1) is 10.6. The molecule has 0 aromatic rings. The first-order valence-corrected chi connectivity index (χ1v) is 2.60. The number of aliphatic carboxylic acids is 1. The highest BCUT2D eigenvalue weighted by molar-refractivity contribution is 6.02. The Labute approximate surface area is 64.5 Å². The van der Waals surface area contributed by atoms with Gasteiger partial charge in [-0.15, -0.1) is 0 Å². The van der Waals surface area contributed by atoms with Gasteiger partial charge in [0.2, 0.25) is 23.7 Å². The van der Waals surface area contributed by atoms with E-state index in [1.54, 1.807) is 0 Å². The largest absolute Gasteiger partial charge is 0.476 e. The Hall–Kier alpha value is -1.37. The number of nitrogens with two attached hydrogens (primary N) is 1. The number of carbonyl (C=O) groups excluding carboxylic acids is 1. The van der Waals surface area contributed by atoms with Crippen LogP contribution in [0.3, 0.4) is 0 Å². The van der Waals surface area contributed by atoms with Gasteiger partial charge in [-0.05, 0) is 0 Å². The van der Waals surface area contributed by atoms with Crippen molar-refractivity contribution >= 4 is 11.8 Å². The number of alkyl halides is 1. The lowest BCUT2D eigenvalue weighted by Crippen LogP contribution is -2.26. The standard InChI is InChI=1S/C5H4F3NO3/c6-1(2(7)5(11)12)3(10)4(8)9/h4H,9H2,(H,11,12). The SMILES string of the molecule is NC(F)C(=O)C(F)=C(F)C(=O)O. The first-order chi connectivity index (χ1) is 5.37.